The minimum atomic E-state index is -3.69. The second-order valence-corrected chi connectivity index (χ2v) is 8.81. The van der Waals surface area contributed by atoms with E-state index in [1.54, 1.807) is 42.4 Å². The summed E-state index contributed by atoms with van der Waals surface area (Å²) in [5.74, 6) is 0.131. The van der Waals surface area contributed by atoms with Gasteiger partial charge in [0, 0.05) is 32.9 Å². The van der Waals surface area contributed by atoms with E-state index in [0.29, 0.717) is 31.7 Å². The molecule has 1 N–H and O–H groups in total. The van der Waals surface area contributed by atoms with E-state index >= 15 is 0 Å². The SMILES string of the molecule is COc1ccccc1S(=O)(=O)NCC1CCN(C(=O)c2cccn(C)c2=O)CC1. The zero-order valence-corrected chi connectivity index (χ0v) is 17.3. The Morgan fingerprint density at radius 3 is 2.55 bits per heavy atom. The molecular weight excluding hydrogens is 394 g/mol. The first-order chi connectivity index (χ1) is 13.8. The number of carbonyl (C=O) groups is 1. The van der Waals surface area contributed by atoms with Crippen LogP contribution < -0.4 is 15.0 Å². The van der Waals surface area contributed by atoms with Crippen LogP contribution in [0.4, 0.5) is 0 Å². The van der Waals surface area contributed by atoms with Crippen molar-refractivity contribution in [2.45, 2.75) is 17.7 Å². The number of methoxy groups -OCH3 is 1. The third kappa shape index (κ3) is 4.68. The van der Waals surface area contributed by atoms with Crippen molar-refractivity contribution < 1.29 is 17.9 Å². The fourth-order valence-corrected chi connectivity index (χ4v) is 4.70. The van der Waals surface area contributed by atoms with Crippen LogP contribution in [0.2, 0.25) is 0 Å². The monoisotopic (exact) mass is 419 g/mol. The second-order valence-electron chi connectivity index (χ2n) is 7.08. The highest BCUT2D eigenvalue weighted by atomic mass is 32.2. The van der Waals surface area contributed by atoms with Crippen molar-refractivity contribution in [2.75, 3.05) is 26.7 Å². The maximum atomic E-state index is 12.6. The lowest BCUT2D eigenvalue weighted by Gasteiger charge is -2.32. The molecule has 1 aliphatic heterocycles. The van der Waals surface area contributed by atoms with Crippen molar-refractivity contribution in [3.63, 3.8) is 0 Å². The van der Waals surface area contributed by atoms with Gasteiger partial charge in [-0.05, 0) is 43.0 Å². The largest absolute Gasteiger partial charge is 0.495 e. The number of nitrogens with zero attached hydrogens (tertiary/aromatic N) is 2. The van der Waals surface area contributed by atoms with Crippen LogP contribution in [0.3, 0.4) is 0 Å². The number of sulfonamides is 1. The summed E-state index contributed by atoms with van der Waals surface area (Å²) in [5, 5.41) is 0. The minimum Gasteiger partial charge on any atom is -0.495 e. The lowest BCUT2D eigenvalue weighted by atomic mass is 9.97. The Bertz CT molecular complexity index is 1040. The molecule has 156 valence electrons. The van der Waals surface area contributed by atoms with E-state index in [2.05, 4.69) is 4.72 Å². The van der Waals surface area contributed by atoms with Gasteiger partial charge in [0.2, 0.25) is 10.0 Å². The molecule has 0 aliphatic carbocycles. The molecule has 0 bridgehead atoms. The van der Waals surface area contributed by atoms with Crippen molar-refractivity contribution in [3.8, 4) is 5.75 Å². The maximum Gasteiger partial charge on any atom is 0.263 e. The van der Waals surface area contributed by atoms with E-state index in [9.17, 15) is 18.0 Å². The second kappa shape index (κ2) is 8.79. The highest BCUT2D eigenvalue weighted by Gasteiger charge is 2.27. The minimum absolute atomic E-state index is 0.107. The average molecular weight is 420 g/mol. The number of likely N-dealkylation sites (tertiary alicyclic amines) is 1. The van der Waals surface area contributed by atoms with Gasteiger partial charge < -0.3 is 14.2 Å². The van der Waals surface area contributed by atoms with Gasteiger partial charge in [-0.2, -0.15) is 0 Å². The number of aryl methyl sites for hydroxylation is 1. The number of piperidine rings is 1. The van der Waals surface area contributed by atoms with E-state index < -0.39 is 10.0 Å². The molecule has 1 aromatic carbocycles. The number of hydrogen-bond donors (Lipinski definition) is 1. The number of benzene rings is 1. The molecular formula is C20H25N3O5S. The molecule has 2 aromatic rings. The summed E-state index contributed by atoms with van der Waals surface area (Å²) < 4.78 is 34.3. The first kappa shape index (κ1) is 21.1. The summed E-state index contributed by atoms with van der Waals surface area (Å²) >= 11 is 0. The molecule has 0 unspecified atom stereocenters. The lowest BCUT2D eigenvalue weighted by Crippen LogP contribution is -2.43. The molecule has 0 radical (unpaired) electrons. The lowest BCUT2D eigenvalue weighted by molar-refractivity contribution is 0.0689. The smallest absolute Gasteiger partial charge is 0.263 e. The van der Waals surface area contributed by atoms with Gasteiger partial charge in [0.1, 0.15) is 16.2 Å². The Labute approximate surface area is 170 Å². The molecule has 1 aromatic heterocycles. The predicted molar refractivity (Wildman–Crippen MR) is 108 cm³/mol. The molecule has 0 spiro atoms. The quantitative estimate of drug-likeness (QED) is 0.759. The van der Waals surface area contributed by atoms with Gasteiger partial charge in [-0.3, -0.25) is 9.59 Å². The fraction of sp³-hybridized carbons (Fsp3) is 0.400. The summed E-state index contributed by atoms with van der Waals surface area (Å²) in [6.07, 6.45) is 2.93. The Hall–Kier alpha value is -2.65. The van der Waals surface area contributed by atoms with Crippen molar-refractivity contribution in [2.24, 2.45) is 13.0 Å². The predicted octanol–water partition coefficient (Wildman–Crippen LogP) is 1.22. The van der Waals surface area contributed by atoms with Crippen LogP contribution in [0.15, 0.2) is 52.3 Å². The molecule has 29 heavy (non-hydrogen) atoms. The van der Waals surface area contributed by atoms with Crippen molar-refractivity contribution in [1.29, 1.82) is 0 Å². The maximum absolute atomic E-state index is 12.6. The zero-order valence-electron chi connectivity index (χ0n) is 16.5. The number of hydrogen-bond acceptors (Lipinski definition) is 5. The summed E-state index contributed by atoms with van der Waals surface area (Å²) in [6, 6.07) is 9.68. The number of carbonyl (C=O) groups excluding carboxylic acids is 1. The summed E-state index contributed by atoms with van der Waals surface area (Å²) in [5.41, 5.74) is -0.158. The number of amides is 1. The van der Waals surface area contributed by atoms with Crippen LogP contribution in [0.5, 0.6) is 5.75 Å². The van der Waals surface area contributed by atoms with Gasteiger partial charge in [-0.25, -0.2) is 13.1 Å². The van der Waals surface area contributed by atoms with Crippen molar-refractivity contribution in [3.05, 3.63) is 58.5 Å². The molecule has 1 aliphatic rings. The Balaban J connectivity index is 1.58. The number of pyridine rings is 1. The zero-order chi connectivity index (χ0) is 21.0. The van der Waals surface area contributed by atoms with Gasteiger partial charge in [-0.1, -0.05) is 12.1 Å². The average Bonchev–Trinajstić information content (AvgIpc) is 2.74. The van der Waals surface area contributed by atoms with E-state index in [0.717, 1.165) is 0 Å². The van der Waals surface area contributed by atoms with E-state index in [1.807, 2.05) is 0 Å². The number of nitrogens with one attached hydrogen (secondary N) is 1. The Kier molecular flexibility index (Phi) is 6.39. The first-order valence-corrected chi connectivity index (χ1v) is 10.9. The molecule has 2 heterocycles. The molecule has 9 heteroatoms. The van der Waals surface area contributed by atoms with Crippen LogP contribution in [0, 0.1) is 5.92 Å². The Morgan fingerprint density at radius 1 is 1.17 bits per heavy atom. The van der Waals surface area contributed by atoms with Crippen LogP contribution in [-0.2, 0) is 17.1 Å². The van der Waals surface area contributed by atoms with Crippen molar-refractivity contribution >= 4 is 15.9 Å². The van der Waals surface area contributed by atoms with Crippen molar-refractivity contribution in [1.82, 2.24) is 14.2 Å². The molecule has 1 saturated heterocycles. The molecule has 1 fully saturated rings. The molecule has 3 rings (SSSR count). The number of rotatable bonds is 6. The molecule has 0 saturated carbocycles. The standard InChI is InChI=1S/C20H25N3O5S/c1-22-11-5-6-16(19(22)24)20(25)23-12-9-15(10-13-23)14-21-29(26,27)18-8-4-3-7-17(18)28-2/h3-8,11,15,21H,9-10,12-14H2,1-2H3. The third-order valence-electron chi connectivity index (χ3n) is 5.18. The highest BCUT2D eigenvalue weighted by molar-refractivity contribution is 7.89. The molecule has 8 nitrogen and oxygen atoms in total. The van der Waals surface area contributed by atoms with Gasteiger partial charge in [-0.15, -0.1) is 0 Å². The van der Waals surface area contributed by atoms with Gasteiger partial charge in [0.25, 0.3) is 11.5 Å². The number of aromatic nitrogens is 1. The first-order valence-electron chi connectivity index (χ1n) is 9.41. The molecule has 1 amide bonds. The van der Waals surface area contributed by atoms with E-state index in [4.69, 9.17) is 4.74 Å². The normalized spacial score (nSPS) is 15.3. The van der Waals surface area contributed by atoms with E-state index in [1.165, 1.54) is 23.8 Å². The highest BCUT2D eigenvalue weighted by Crippen LogP contribution is 2.23. The summed E-state index contributed by atoms with van der Waals surface area (Å²) in [6.45, 7) is 1.26. The van der Waals surface area contributed by atoms with Gasteiger partial charge >= 0.3 is 0 Å². The van der Waals surface area contributed by atoms with Gasteiger partial charge in [0.05, 0.1) is 7.11 Å². The van der Waals surface area contributed by atoms with Crippen LogP contribution in [0.1, 0.15) is 23.2 Å². The summed E-state index contributed by atoms with van der Waals surface area (Å²) in [7, 11) is -0.643. The fourth-order valence-electron chi connectivity index (χ4n) is 3.42. The van der Waals surface area contributed by atoms with E-state index in [-0.39, 0.29) is 34.4 Å². The van der Waals surface area contributed by atoms with Crippen LogP contribution in [-0.4, -0.2) is 50.5 Å². The Morgan fingerprint density at radius 2 is 1.86 bits per heavy atom. The topological polar surface area (TPSA) is 97.7 Å². The van der Waals surface area contributed by atoms with Crippen LogP contribution in [0.25, 0.3) is 0 Å². The molecule has 0 atom stereocenters. The third-order valence-corrected chi connectivity index (χ3v) is 6.64. The number of para-hydroxylation sites is 1. The van der Waals surface area contributed by atoms with Gasteiger partial charge in [0.15, 0.2) is 0 Å². The number of ether oxygens (including phenoxy) is 1. The summed E-state index contributed by atoms with van der Waals surface area (Å²) in [4.78, 5) is 26.5. The van der Waals surface area contributed by atoms with Crippen LogP contribution >= 0.6 is 0 Å².